The molecule has 2 heterocycles. The Morgan fingerprint density at radius 2 is 2.35 bits per heavy atom. The van der Waals surface area contributed by atoms with Crippen molar-refractivity contribution in [3.8, 4) is 0 Å². The number of amides is 2. The van der Waals surface area contributed by atoms with Crippen LogP contribution in [-0.2, 0) is 0 Å². The van der Waals surface area contributed by atoms with Gasteiger partial charge in [0.1, 0.15) is 0 Å². The van der Waals surface area contributed by atoms with Crippen LogP contribution < -0.4 is 15.5 Å². The summed E-state index contributed by atoms with van der Waals surface area (Å²) >= 11 is 0. The van der Waals surface area contributed by atoms with Crippen molar-refractivity contribution in [3.63, 3.8) is 0 Å². The van der Waals surface area contributed by atoms with Crippen LogP contribution >= 0.6 is 0 Å². The number of carbonyl (C=O) groups excluding carboxylic acids is 1. The van der Waals surface area contributed by atoms with Gasteiger partial charge in [-0.2, -0.15) is 0 Å². The fourth-order valence-electron chi connectivity index (χ4n) is 2.84. The van der Waals surface area contributed by atoms with Crippen LogP contribution in [0.1, 0.15) is 24.6 Å². The molecule has 0 saturated carbocycles. The summed E-state index contributed by atoms with van der Waals surface area (Å²) in [6.07, 6.45) is 6.57. The van der Waals surface area contributed by atoms with Gasteiger partial charge in [0.25, 0.3) is 0 Å². The smallest absolute Gasteiger partial charge is 0.321 e. The molecule has 6 nitrogen and oxygen atoms in total. The predicted molar refractivity (Wildman–Crippen MR) is 93.5 cm³/mol. The van der Waals surface area contributed by atoms with E-state index in [9.17, 15) is 4.79 Å². The zero-order chi connectivity index (χ0) is 16.2. The minimum Gasteiger partial charge on any atom is -0.384 e. The minimum atomic E-state index is -0.103. The first-order chi connectivity index (χ1) is 11.2. The number of benzene rings is 1. The van der Waals surface area contributed by atoms with Gasteiger partial charge in [-0.25, -0.2) is 9.78 Å². The van der Waals surface area contributed by atoms with Gasteiger partial charge in [-0.1, -0.05) is 0 Å². The van der Waals surface area contributed by atoms with Crippen LogP contribution in [0, 0.1) is 0 Å². The molecule has 1 aliphatic rings. The van der Waals surface area contributed by atoms with Crippen LogP contribution in [0.4, 0.5) is 16.2 Å². The van der Waals surface area contributed by atoms with E-state index in [1.807, 2.05) is 25.3 Å². The molecule has 1 aromatic heterocycles. The average molecular weight is 311 g/mol. The predicted octanol–water partition coefficient (Wildman–Crippen LogP) is 2.93. The quantitative estimate of drug-likeness (QED) is 0.816. The fraction of sp³-hybridized carbons (Fsp3) is 0.294. The molecule has 0 atom stereocenters. The lowest BCUT2D eigenvalue weighted by atomic mass is 9.95. The van der Waals surface area contributed by atoms with Crippen LogP contribution in [0.5, 0.6) is 0 Å². The van der Waals surface area contributed by atoms with Crippen molar-refractivity contribution in [2.45, 2.75) is 13.3 Å². The van der Waals surface area contributed by atoms with Crippen molar-refractivity contribution in [2.75, 3.05) is 30.4 Å². The Labute approximate surface area is 135 Å². The van der Waals surface area contributed by atoms with Gasteiger partial charge in [-0.05, 0) is 43.2 Å². The van der Waals surface area contributed by atoms with Gasteiger partial charge in [0.15, 0.2) is 0 Å². The number of H-pyrrole nitrogens is 1. The summed E-state index contributed by atoms with van der Waals surface area (Å²) in [6.45, 7) is 3.48. The van der Waals surface area contributed by atoms with Crippen LogP contribution in [-0.4, -0.2) is 36.1 Å². The summed E-state index contributed by atoms with van der Waals surface area (Å²) < 4.78 is 0. The van der Waals surface area contributed by atoms with Gasteiger partial charge >= 0.3 is 6.03 Å². The molecule has 120 valence electrons. The summed E-state index contributed by atoms with van der Waals surface area (Å²) in [5.41, 5.74) is 5.24. The molecule has 2 aromatic rings. The Kier molecular flexibility index (Phi) is 4.32. The van der Waals surface area contributed by atoms with Crippen molar-refractivity contribution < 1.29 is 4.79 Å². The number of anilines is 2. The number of hydrogen-bond donors (Lipinski definition) is 3. The molecular weight excluding hydrogens is 290 g/mol. The third kappa shape index (κ3) is 3.06. The number of aromatic nitrogens is 2. The molecule has 1 aromatic carbocycles. The van der Waals surface area contributed by atoms with Gasteiger partial charge in [-0.3, -0.25) is 4.90 Å². The van der Waals surface area contributed by atoms with E-state index in [1.165, 1.54) is 5.57 Å². The Balaban J connectivity index is 2.01. The molecular formula is C17H21N5O. The highest BCUT2D eigenvalue weighted by molar-refractivity contribution is 5.95. The molecule has 2 amide bonds. The van der Waals surface area contributed by atoms with Crippen LogP contribution in [0.2, 0.25) is 0 Å². The van der Waals surface area contributed by atoms with Gasteiger partial charge in [-0.15, -0.1) is 0 Å². The Bertz CT molecular complexity index is 721. The highest BCUT2D eigenvalue weighted by Gasteiger charge is 2.18. The van der Waals surface area contributed by atoms with Crippen LogP contribution in [0.25, 0.3) is 11.6 Å². The lowest BCUT2D eigenvalue weighted by Crippen LogP contribution is -2.38. The molecule has 0 fully saturated rings. The van der Waals surface area contributed by atoms with E-state index in [4.69, 9.17) is 0 Å². The molecule has 23 heavy (non-hydrogen) atoms. The molecule has 1 aliphatic heterocycles. The van der Waals surface area contributed by atoms with E-state index in [0.717, 1.165) is 35.6 Å². The lowest BCUT2D eigenvalue weighted by molar-refractivity contribution is 0.248. The SMILES string of the molecule is CCN(C(=O)NC)c1ccc2c(c1)/C(=C/c1c[nH]cn1)CCN2. The number of fused-ring (bicyclic) bond motifs is 1. The van der Waals surface area contributed by atoms with Crippen molar-refractivity contribution >= 4 is 29.1 Å². The third-order valence-corrected chi connectivity index (χ3v) is 3.99. The third-order valence-electron chi connectivity index (χ3n) is 3.99. The van der Waals surface area contributed by atoms with Gasteiger partial charge < -0.3 is 15.6 Å². The lowest BCUT2D eigenvalue weighted by Gasteiger charge is -2.25. The van der Waals surface area contributed by atoms with Crippen molar-refractivity contribution in [1.82, 2.24) is 15.3 Å². The first kappa shape index (κ1) is 15.1. The van der Waals surface area contributed by atoms with E-state index < -0.39 is 0 Å². The Morgan fingerprint density at radius 3 is 3.04 bits per heavy atom. The van der Waals surface area contributed by atoms with E-state index >= 15 is 0 Å². The zero-order valence-corrected chi connectivity index (χ0v) is 13.4. The molecule has 0 radical (unpaired) electrons. The molecule has 0 bridgehead atoms. The van der Waals surface area contributed by atoms with Crippen LogP contribution in [0.15, 0.2) is 30.7 Å². The molecule has 0 spiro atoms. The molecule has 6 heteroatoms. The molecule has 3 N–H and O–H groups in total. The molecule has 0 unspecified atom stereocenters. The summed E-state index contributed by atoms with van der Waals surface area (Å²) in [4.78, 5) is 21.0. The van der Waals surface area contributed by atoms with Crippen molar-refractivity contribution in [2.24, 2.45) is 0 Å². The highest BCUT2D eigenvalue weighted by atomic mass is 16.2. The topological polar surface area (TPSA) is 73.0 Å². The number of urea groups is 1. The number of imidazole rings is 1. The number of carbonyl (C=O) groups is 1. The zero-order valence-electron chi connectivity index (χ0n) is 13.4. The first-order valence-corrected chi connectivity index (χ1v) is 7.79. The number of nitrogens with one attached hydrogen (secondary N) is 3. The standard InChI is InChI=1S/C17H21N5O/c1-3-22(17(23)18-2)14-4-5-16-15(9-14)12(6-7-20-16)8-13-10-19-11-21-13/h4-5,8-11,20H,3,6-7H2,1-2H3,(H,18,23)(H,19,21)/b12-8+. The van der Waals surface area contributed by atoms with Gasteiger partial charge in [0, 0.05) is 43.3 Å². The average Bonchev–Trinajstić information content (AvgIpc) is 3.09. The summed E-state index contributed by atoms with van der Waals surface area (Å²) in [6, 6.07) is 5.98. The normalized spacial score (nSPS) is 15.0. The second-order valence-corrected chi connectivity index (χ2v) is 5.37. The Hall–Kier alpha value is -2.76. The largest absolute Gasteiger partial charge is 0.384 e. The van der Waals surface area contributed by atoms with E-state index in [1.54, 1.807) is 18.3 Å². The highest BCUT2D eigenvalue weighted by Crippen LogP contribution is 2.35. The first-order valence-electron chi connectivity index (χ1n) is 7.79. The second kappa shape index (κ2) is 6.56. The van der Waals surface area contributed by atoms with E-state index in [-0.39, 0.29) is 6.03 Å². The van der Waals surface area contributed by atoms with Crippen molar-refractivity contribution in [3.05, 3.63) is 42.0 Å². The van der Waals surface area contributed by atoms with E-state index in [0.29, 0.717) is 6.54 Å². The number of aromatic amines is 1. The molecule has 0 saturated heterocycles. The molecule has 3 rings (SSSR count). The maximum Gasteiger partial charge on any atom is 0.321 e. The molecule has 0 aliphatic carbocycles. The Morgan fingerprint density at radius 1 is 1.48 bits per heavy atom. The number of rotatable bonds is 3. The van der Waals surface area contributed by atoms with Crippen molar-refractivity contribution in [1.29, 1.82) is 0 Å². The minimum absolute atomic E-state index is 0.103. The summed E-state index contributed by atoms with van der Waals surface area (Å²) in [7, 11) is 1.65. The second-order valence-electron chi connectivity index (χ2n) is 5.37. The van der Waals surface area contributed by atoms with Gasteiger partial charge in [0.05, 0.1) is 12.0 Å². The maximum atomic E-state index is 12.0. The maximum absolute atomic E-state index is 12.0. The summed E-state index contributed by atoms with van der Waals surface area (Å²) in [5.74, 6) is 0. The summed E-state index contributed by atoms with van der Waals surface area (Å²) in [5, 5.41) is 6.10. The number of nitrogens with zero attached hydrogens (tertiary/aromatic N) is 2. The van der Waals surface area contributed by atoms with Crippen LogP contribution in [0.3, 0.4) is 0 Å². The van der Waals surface area contributed by atoms with Gasteiger partial charge in [0.2, 0.25) is 0 Å². The monoisotopic (exact) mass is 311 g/mol. The fourth-order valence-corrected chi connectivity index (χ4v) is 2.84. The number of hydrogen-bond acceptors (Lipinski definition) is 3. The van der Waals surface area contributed by atoms with E-state index in [2.05, 4.69) is 32.7 Å².